The Kier molecular flexibility index (Phi) is 3.25. The van der Waals surface area contributed by atoms with Crippen LogP contribution in [0.4, 0.5) is 0 Å². The first-order valence-electron chi connectivity index (χ1n) is 4.72. The van der Waals surface area contributed by atoms with E-state index in [-0.39, 0.29) is 18.0 Å². The second kappa shape index (κ2) is 4.28. The summed E-state index contributed by atoms with van der Waals surface area (Å²) >= 11 is 0. The SMILES string of the molecule is Cc1ccc(C2=CC(=O)NC2=O)c(C)c1.N. The van der Waals surface area contributed by atoms with Gasteiger partial charge in [0.15, 0.2) is 0 Å². The van der Waals surface area contributed by atoms with Crippen LogP contribution in [0.2, 0.25) is 0 Å². The van der Waals surface area contributed by atoms with Crippen LogP contribution in [0, 0.1) is 13.8 Å². The van der Waals surface area contributed by atoms with E-state index < -0.39 is 0 Å². The smallest absolute Gasteiger partial charge is 0.258 e. The summed E-state index contributed by atoms with van der Waals surface area (Å²) in [5.74, 6) is -0.651. The van der Waals surface area contributed by atoms with Crippen molar-refractivity contribution in [3.05, 3.63) is 41.0 Å². The van der Waals surface area contributed by atoms with Crippen molar-refractivity contribution in [3.63, 3.8) is 0 Å². The van der Waals surface area contributed by atoms with E-state index in [1.165, 1.54) is 6.08 Å². The Bertz CT molecular complexity index is 490. The van der Waals surface area contributed by atoms with Crippen LogP contribution in [0.3, 0.4) is 0 Å². The number of rotatable bonds is 1. The fraction of sp³-hybridized carbons (Fsp3) is 0.167. The van der Waals surface area contributed by atoms with Crippen LogP contribution >= 0.6 is 0 Å². The van der Waals surface area contributed by atoms with Gasteiger partial charge in [0.1, 0.15) is 0 Å². The molecule has 0 radical (unpaired) electrons. The number of carbonyl (C=O) groups is 2. The summed E-state index contributed by atoms with van der Waals surface area (Å²) in [6.45, 7) is 3.92. The Balaban J connectivity index is 0.00000128. The van der Waals surface area contributed by atoms with Gasteiger partial charge < -0.3 is 6.15 Å². The molecule has 1 aliphatic rings. The molecule has 1 aromatic carbocycles. The van der Waals surface area contributed by atoms with E-state index in [1.807, 2.05) is 32.0 Å². The molecule has 1 aliphatic heterocycles. The first-order chi connectivity index (χ1) is 7.08. The van der Waals surface area contributed by atoms with Gasteiger partial charge in [-0.1, -0.05) is 23.8 Å². The maximum Gasteiger partial charge on any atom is 0.258 e. The summed E-state index contributed by atoms with van der Waals surface area (Å²) in [5.41, 5.74) is 3.43. The molecule has 0 fully saturated rings. The largest absolute Gasteiger partial charge is 0.344 e. The van der Waals surface area contributed by atoms with Gasteiger partial charge in [-0.15, -0.1) is 0 Å². The van der Waals surface area contributed by atoms with Crippen LogP contribution in [0.1, 0.15) is 16.7 Å². The van der Waals surface area contributed by atoms with Gasteiger partial charge in [-0.2, -0.15) is 0 Å². The Morgan fingerprint density at radius 2 is 1.81 bits per heavy atom. The zero-order valence-electron chi connectivity index (χ0n) is 9.33. The molecule has 0 aliphatic carbocycles. The van der Waals surface area contributed by atoms with E-state index in [0.29, 0.717) is 5.57 Å². The molecule has 2 rings (SSSR count). The van der Waals surface area contributed by atoms with Crippen LogP contribution in [0.15, 0.2) is 24.3 Å². The lowest BCUT2D eigenvalue weighted by atomic mass is 9.99. The summed E-state index contributed by atoms with van der Waals surface area (Å²) in [7, 11) is 0. The highest BCUT2D eigenvalue weighted by atomic mass is 16.2. The first kappa shape index (κ1) is 12.1. The Morgan fingerprint density at radius 1 is 1.12 bits per heavy atom. The Morgan fingerprint density at radius 3 is 2.31 bits per heavy atom. The molecule has 0 bridgehead atoms. The molecule has 4 heteroatoms. The van der Waals surface area contributed by atoms with E-state index in [4.69, 9.17) is 0 Å². The monoisotopic (exact) mass is 218 g/mol. The third-order valence-electron chi connectivity index (χ3n) is 2.43. The molecular weight excluding hydrogens is 204 g/mol. The minimum absolute atomic E-state index is 0. The summed E-state index contributed by atoms with van der Waals surface area (Å²) in [6.07, 6.45) is 1.35. The van der Waals surface area contributed by atoms with Gasteiger partial charge in [0, 0.05) is 6.08 Å². The molecule has 0 spiro atoms. The number of carbonyl (C=O) groups excluding carboxylic acids is 2. The van der Waals surface area contributed by atoms with Crippen molar-refractivity contribution in [2.75, 3.05) is 0 Å². The molecule has 16 heavy (non-hydrogen) atoms. The molecular formula is C12H14N2O2. The minimum atomic E-state index is -0.338. The Labute approximate surface area is 93.9 Å². The van der Waals surface area contributed by atoms with Gasteiger partial charge in [-0.25, -0.2) is 0 Å². The fourth-order valence-electron chi connectivity index (χ4n) is 1.73. The van der Waals surface area contributed by atoms with E-state index in [2.05, 4.69) is 5.32 Å². The number of hydrogen-bond donors (Lipinski definition) is 2. The van der Waals surface area contributed by atoms with Crippen LogP contribution < -0.4 is 11.5 Å². The van der Waals surface area contributed by atoms with E-state index in [0.717, 1.165) is 16.7 Å². The number of amides is 2. The number of aryl methyl sites for hydroxylation is 2. The molecule has 0 atom stereocenters. The van der Waals surface area contributed by atoms with Crippen molar-refractivity contribution >= 4 is 17.4 Å². The maximum atomic E-state index is 11.4. The molecule has 1 aromatic rings. The maximum absolute atomic E-state index is 11.4. The van der Waals surface area contributed by atoms with Crippen molar-refractivity contribution in [1.29, 1.82) is 0 Å². The topological polar surface area (TPSA) is 81.2 Å². The number of imide groups is 1. The van der Waals surface area contributed by atoms with Crippen molar-refractivity contribution in [2.24, 2.45) is 0 Å². The quantitative estimate of drug-likeness (QED) is 0.701. The van der Waals surface area contributed by atoms with Crippen LogP contribution in [-0.2, 0) is 9.59 Å². The lowest BCUT2D eigenvalue weighted by molar-refractivity contribution is -0.123. The minimum Gasteiger partial charge on any atom is -0.344 e. The lowest BCUT2D eigenvalue weighted by Gasteiger charge is -2.05. The number of nitrogens with one attached hydrogen (secondary N) is 1. The van der Waals surface area contributed by atoms with Gasteiger partial charge >= 0.3 is 0 Å². The van der Waals surface area contributed by atoms with Crippen molar-refractivity contribution in [2.45, 2.75) is 13.8 Å². The second-order valence-corrected chi connectivity index (χ2v) is 3.69. The van der Waals surface area contributed by atoms with Crippen molar-refractivity contribution < 1.29 is 9.59 Å². The summed E-state index contributed by atoms with van der Waals surface area (Å²) in [6, 6.07) is 5.79. The molecule has 1 heterocycles. The van der Waals surface area contributed by atoms with Crippen LogP contribution in [0.5, 0.6) is 0 Å². The van der Waals surface area contributed by atoms with Gasteiger partial charge in [0.2, 0.25) is 0 Å². The van der Waals surface area contributed by atoms with Gasteiger partial charge in [-0.05, 0) is 25.0 Å². The third kappa shape index (κ3) is 2.01. The van der Waals surface area contributed by atoms with Crippen molar-refractivity contribution in [3.8, 4) is 0 Å². The fourth-order valence-corrected chi connectivity index (χ4v) is 1.73. The first-order valence-corrected chi connectivity index (χ1v) is 4.72. The summed E-state index contributed by atoms with van der Waals surface area (Å²) < 4.78 is 0. The highest BCUT2D eigenvalue weighted by molar-refractivity contribution is 6.33. The average molecular weight is 218 g/mol. The zero-order valence-corrected chi connectivity index (χ0v) is 9.33. The molecule has 0 saturated heterocycles. The predicted octanol–water partition coefficient (Wildman–Crippen LogP) is 1.51. The molecule has 0 unspecified atom stereocenters. The van der Waals surface area contributed by atoms with Crippen LogP contribution in [0.25, 0.3) is 5.57 Å². The van der Waals surface area contributed by atoms with Crippen LogP contribution in [-0.4, -0.2) is 11.8 Å². The van der Waals surface area contributed by atoms with E-state index in [1.54, 1.807) is 0 Å². The number of hydrogen-bond acceptors (Lipinski definition) is 3. The molecule has 2 amide bonds. The highest BCUT2D eigenvalue weighted by Gasteiger charge is 2.22. The highest BCUT2D eigenvalue weighted by Crippen LogP contribution is 2.22. The van der Waals surface area contributed by atoms with E-state index in [9.17, 15) is 9.59 Å². The summed E-state index contributed by atoms with van der Waals surface area (Å²) in [5, 5.41) is 2.24. The predicted molar refractivity (Wildman–Crippen MR) is 62.1 cm³/mol. The second-order valence-electron chi connectivity index (χ2n) is 3.69. The van der Waals surface area contributed by atoms with Gasteiger partial charge in [0.25, 0.3) is 11.8 Å². The molecule has 84 valence electrons. The van der Waals surface area contributed by atoms with Gasteiger partial charge in [-0.3, -0.25) is 14.9 Å². The van der Waals surface area contributed by atoms with E-state index >= 15 is 0 Å². The average Bonchev–Trinajstić information content (AvgIpc) is 2.45. The van der Waals surface area contributed by atoms with Crippen molar-refractivity contribution in [1.82, 2.24) is 11.5 Å². The molecule has 4 N–H and O–H groups in total. The normalized spacial score (nSPS) is 14.2. The molecule has 4 nitrogen and oxygen atoms in total. The third-order valence-corrected chi connectivity index (χ3v) is 2.43. The Hall–Kier alpha value is -1.94. The van der Waals surface area contributed by atoms with Gasteiger partial charge in [0.05, 0.1) is 5.57 Å². The lowest BCUT2D eigenvalue weighted by Crippen LogP contribution is -2.21. The standard InChI is InChI=1S/C12H11NO2.H3N/c1-7-3-4-9(8(2)5-7)10-6-11(14)13-12(10)15;/h3-6H,1-2H3,(H,13,14,15);1H3. The summed E-state index contributed by atoms with van der Waals surface area (Å²) in [4.78, 5) is 22.4. The zero-order chi connectivity index (χ0) is 11.0. The molecule has 0 aromatic heterocycles. The molecule has 0 saturated carbocycles. The number of benzene rings is 1.